The van der Waals surface area contributed by atoms with Crippen LogP contribution in [-0.4, -0.2) is 56.2 Å². The van der Waals surface area contributed by atoms with E-state index < -0.39 is 0 Å². The molecule has 0 bridgehead atoms. The van der Waals surface area contributed by atoms with Crippen molar-refractivity contribution in [3.63, 3.8) is 0 Å². The Morgan fingerprint density at radius 2 is 2.03 bits per heavy atom. The lowest BCUT2D eigenvalue weighted by Gasteiger charge is -2.10. The number of fused-ring (bicyclic) bond motifs is 3. The number of pyridine rings is 1. The molecule has 0 radical (unpaired) electrons. The zero-order chi connectivity index (χ0) is 24.2. The standard InChI is InChI=1S/C15H13N5S2.C9H13N3O/c1-16-15-17-12-6-5-10(8-13(12)21-15)19-22-14-9-11-4-2-3-7-20(11)18-14;1-11-3-2-4-12-9(6-11)5-8(7-13)10-12/h2-9,19H,1H3,(H,16,17);5,7H,2-4,6H2,1H3. The molecule has 0 unspecified atom stereocenters. The lowest BCUT2D eigenvalue weighted by Crippen LogP contribution is -2.16. The summed E-state index contributed by atoms with van der Waals surface area (Å²) >= 11 is 3.15. The number of carbonyl (C=O) groups is 1. The Bertz CT molecular complexity index is 1420. The van der Waals surface area contributed by atoms with Gasteiger partial charge in [-0.2, -0.15) is 10.2 Å². The van der Waals surface area contributed by atoms with Crippen LogP contribution < -0.4 is 10.0 Å². The van der Waals surface area contributed by atoms with E-state index in [-0.39, 0.29) is 0 Å². The minimum absolute atomic E-state index is 0.547. The van der Waals surface area contributed by atoms with Gasteiger partial charge in [-0.3, -0.25) is 9.48 Å². The summed E-state index contributed by atoms with van der Waals surface area (Å²) in [6.07, 6.45) is 3.85. The highest BCUT2D eigenvalue weighted by molar-refractivity contribution is 8.00. The van der Waals surface area contributed by atoms with Gasteiger partial charge in [0.2, 0.25) is 0 Å². The number of hydrogen-bond acceptors (Lipinski definition) is 9. The van der Waals surface area contributed by atoms with Crippen LogP contribution in [0.5, 0.6) is 0 Å². The van der Waals surface area contributed by atoms with Crippen molar-refractivity contribution in [1.29, 1.82) is 0 Å². The van der Waals surface area contributed by atoms with E-state index in [4.69, 9.17) is 0 Å². The quantitative estimate of drug-likeness (QED) is 0.263. The number of thiazole rings is 1. The van der Waals surface area contributed by atoms with Crippen molar-refractivity contribution in [2.75, 3.05) is 30.7 Å². The number of carbonyl (C=O) groups excluding carboxylic acids is 1. The molecular formula is C24H26N8OS2. The van der Waals surface area contributed by atoms with Crippen LogP contribution in [0.4, 0.5) is 10.8 Å². The van der Waals surface area contributed by atoms with Gasteiger partial charge in [0.15, 0.2) is 11.4 Å². The summed E-state index contributed by atoms with van der Waals surface area (Å²) in [5.74, 6) is 0. The van der Waals surface area contributed by atoms with Gasteiger partial charge in [0, 0.05) is 50.5 Å². The number of aryl methyl sites for hydroxylation is 1. The molecule has 0 saturated heterocycles. The fraction of sp³-hybridized carbons (Fsp3) is 0.250. The third-order valence-electron chi connectivity index (χ3n) is 5.57. The van der Waals surface area contributed by atoms with Crippen molar-refractivity contribution >= 4 is 56.1 Å². The van der Waals surface area contributed by atoms with E-state index in [0.717, 1.165) is 69.6 Å². The summed E-state index contributed by atoms with van der Waals surface area (Å²) < 4.78 is 8.31. The van der Waals surface area contributed by atoms with E-state index in [1.54, 1.807) is 11.3 Å². The van der Waals surface area contributed by atoms with E-state index in [0.29, 0.717) is 5.69 Å². The Morgan fingerprint density at radius 3 is 2.86 bits per heavy atom. The van der Waals surface area contributed by atoms with E-state index >= 15 is 0 Å². The van der Waals surface area contributed by atoms with Gasteiger partial charge >= 0.3 is 0 Å². The number of benzene rings is 1. The van der Waals surface area contributed by atoms with Gasteiger partial charge in [-0.15, -0.1) is 0 Å². The number of hydrogen-bond donors (Lipinski definition) is 2. The molecule has 1 aliphatic heterocycles. The molecule has 180 valence electrons. The average Bonchev–Trinajstić information content (AvgIpc) is 3.56. The van der Waals surface area contributed by atoms with Crippen LogP contribution in [0.3, 0.4) is 0 Å². The van der Waals surface area contributed by atoms with Gasteiger partial charge in [0.25, 0.3) is 0 Å². The number of aromatic nitrogens is 5. The molecule has 0 fully saturated rings. The van der Waals surface area contributed by atoms with E-state index in [1.165, 1.54) is 11.9 Å². The third-order valence-corrected chi connectivity index (χ3v) is 7.35. The van der Waals surface area contributed by atoms with Gasteiger partial charge in [-0.05, 0) is 55.9 Å². The summed E-state index contributed by atoms with van der Waals surface area (Å²) in [6, 6.07) is 16.1. The van der Waals surface area contributed by atoms with Crippen LogP contribution >= 0.6 is 23.3 Å². The van der Waals surface area contributed by atoms with Crippen molar-refractivity contribution < 1.29 is 4.79 Å². The fourth-order valence-electron chi connectivity index (χ4n) is 3.87. The topological polar surface area (TPSA) is 92.4 Å². The van der Waals surface area contributed by atoms with Crippen LogP contribution in [0.25, 0.3) is 15.7 Å². The van der Waals surface area contributed by atoms with Gasteiger partial charge < -0.3 is 14.9 Å². The van der Waals surface area contributed by atoms with Gasteiger partial charge in [0.05, 0.1) is 21.4 Å². The van der Waals surface area contributed by atoms with E-state index in [1.807, 2.05) is 58.8 Å². The SMILES string of the molecule is CN1CCCn2nc(C=O)cc2C1.CNc1nc2ccc(NSc3cc4ccccn4n3)cc2s1. The molecule has 0 spiro atoms. The summed E-state index contributed by atoms with van der Waals surface area (Å²) in [7, 11) is 3.97. The van der Waals surface area contributed by atoms with Crippen molar-refractivity contribution in [3.8, 4) is 0 Å². The largest absolute Gasteiger partial charge is 0.365 e. The average molecular weight is 507 g/mol. The highest BCUT2D eigenvalue weighted by Gasteiger charge is 2.13. The maximum Gasteiger partial charge on any atom is 0.183 e. The van der Waals surface area contributed by atoms with Crippen molar-refractivity contribution in [2.45, 2.75) is 24.5 Å². The van der Waals surface area contributed by atoms with Crippen LogP contribution in [0.15, 0.2) is 59.8 Å². The third kappa shape index (κ3) is 5.47. The second-order valence-electron chi connectivity index (χ2n) is 8.20. The molecule has 1 aliphatic rings. The zero-order valence-electron chi connectivity index (χ0n) is 19.5. The highest BCUT2D eigenvalue weighted by atomic mass is 32.2. The maximum absolute atomic E-state index is 10.5. The smallest absolute Gasteiger partial charge is 0.183 e. The second-order valence-corrected chi connectivity index (χ2v) is 10.1. The van der Waals surface area contributed by atoms with Gasteiger partial charge in [-0.25, -0.2) is 9.50 Å². The first-order valence-corrected chi connectivity index (χ1v) is 12.9. The number of nitrogens with one attached hydrogen (secondary N) is 2. The van der Waals surface area contributed by atoms with Crippen molar-refractivity contribution in [3.05, 3.63) is 66.1 Å². The molecular weight excluding hydrogens is 480 g/mol. The van der Waals surface area contributed by atoms with Crippen molar-refractivity contribution in [2.24, 2.45) is 0 Å². The fourth-order valence-corrected chi connectivity index (χ4v) is 5.39. The summed E-state index contributed by atoms with van der Waals surface area (Å²) in [5, 5.41) is 13.6. The Kier molecular flexibility index (Phi) is 6.98. The molecule has 5 heterocycles. The first-order chi connectivity index (χ1) is 17.1. The number of aldehydes is 1. The lowest BCUT2D eigenvalue weighted by molar-refractivity contribution is 0.111. The molecule has 5 aromatic rings. The molecule has 0 atom stereocenters. The molecule has 9 nitrogen and oxygen atoms in total. The predicted octanol–water partition coefficient (Wildman–Crippen LogP) is 4.64. The Balaban J connectivity index is 0.000000166. The number of nitrogens with zero attached hydrogens (tertiary/aromatic N) is 6. The number of rotatable bonds is 5. The molecule has 0 amide bonds. The van der Waals surface area contributed by atoms with Gasteiger partial charge in [-0.1, -0.05) is 17.4 Å². The molecule has 6 rings (SSSR count). The first kappa shape index (κ1) is 23.3. The van der Waals surface area contributed by atoms with Crippen LogP contribution in [-0.2, 0) is 13.1 Å². The van der Waals surface area contributed by atoms with Gasteiger partial charge in [0.1, 0.15) is 10.7 Å². The summed E-state index contributed by atoms with van der Waals surface area (Å²) in [5.41, 5.74) is 4.83. The minimum atomic E-state index is 0.547. The Morgan fingerprint density at radius 1 is 1.11 bits per heavy atom. The highest BCUT2D eigenvalue weighted by Crippen LogP contribution is 2.30. The van der Waals surface area contributed by atoms with E-state index in [2.05, 4.69) is 49.3 Å². The molecule has 0 saturated carbocycles. The Hall–Kier alpha value is -3.41. The lowest BCUT2D eigenvalue weighted by atomic mass is 10.3. The van der Waals surface area contributed by atoms with Crippen LogP contribution in [0.1, 0.15) is 22.6 Å². The summed E-state index contributed by atoms with van der Waals surface area (Å²) in [4.78, 5) is 17.2. The molecule has 11 heteroatoms. The normalized spacial score (nSPS) is 13.7. The molecule has 2 N–H and O–H groups in total. The monoisotopic (exact) mass is 506 g/mol. The number of anilines is 2. The molecule has 4 aromatic heterocycles. The molecule has 35 heavy (non-hydrogen) atoms. The zero-order valence-corrected chi connectivity index (χ0v) is 21.1. The first-order valence-electron chi connectivity index (χ1n) is 11.3. The summed E-state index contributed by atoms with van der Waals surface area (Å²) in [6.45, 7) is 2.91. The maximum atomic E-state index is 10.5. The molecule has 1 aromatic carbocycles. The Labute approximate surface area is 211 Å². The van der Waals surface area contributed by atoms with Crippen molar-refractivity contribution in [1.82, 2.24) is 29.3 Å². The van der Waals surface area contributed by atoms with E-state index in [9.17, 15) is 4.79 Å². The second kappa shape index (κ2) is 10.5. The van der Waals surface area contributed by atoms with Crippen LogP contribution in [0.2, 0.25) is 0 Å². The predicted molar refractivity (Wildman–Crippen MR) is 142 cm³/mol. The minimum Gasteiger partial charge on any atom is -0.365 e. The van der Waals surface area contributed by atoms with Crippen LogP contribution in [0, 0.1) is 0 Å². The molecule has 0 aliphatic carbocycles.